The van der Waals surface area contributed by atoms with E-state index in [2.05, 4.69) is 23.2 Å². The van der Waals surface area contributed by atoms with Crippen molar-refractivity contribution in [2.45, 2.75) is 121 Å². The minimum absolute atomic E-state index is 0. The molecule has 40 heavy (non-hydrogen) atoms. The minimum atomic E-state index is -4.74. The van der Waals surface area contributed by atoms with Gasteiger partial charge in [-0.2, -0.15) is 8.42 Å². The van der Waals surface area contributed by atoms with E-state index in [1.165, 1.54) is 45.4 Å². The SMILES string of the molecule is C=CCCCCCCCCC(=O)[N-]C(=O)CCCCCCCCC=C.CCOC(=O)C(CC(=O)O)S(=O)(=O)O.[Na+]. The fourth-order valence-corrected chi connectivity index (χ4v) is 4.16. The number of imide groups is 1. The smallest absolute Gasteiger partial charge is 0.596 e. The Balaban J connectivity index is -0.000000777. The zero-order valence-electron chi connectivity index (χ0n) is 24.5. The zero-order chi connectivity index (χ0) is 29.9. The Hall–Kier alpha value is -1.53. The average Bonchev–Trinajstić information content (AvgIpc) is 2.85. The molecule has 0 spiro atoms. The number of hydrogen-bond acceptors (Lipinski definition) is 7. The number of aliphatic carboxylic acids is 1. The number of unbranched alkanes of at least 4 members (excludes halogenated alkanes) is 12. The summed E-state index contributed by atoms with van der Waals surface area (Å²) in [5, 5.41) is 9.92. The largest absolute Gasteiger partial charge is 1.00 e. The van der Waals surface area contributed by atoms with Gasteiger partial charge in [0.15, 0.2) is 5.25 Å². The van der Waals surface area contributed by atoms with Crippen molar-refractivity contribution in [3.8, 4) is 0 Å². The molecular weight excluding hydrogens is 549 g/mol. The van der Waals surface area contributed by atoms with Gasteiger partial charge < -0.3 is 24.7 Å². The molecule has 0 bridgehead atoms. The molecule has 0 aliphatic carbocycles. The number of carboxylic acids is 1. The van der Waals surface area contributed by atoms with Gasteiger partial charge in [-0.25, -0.2) is 0 Å². The molecule has 10 nitrogen and oxygen atoms in total. The predicted octanol–water partition coefficient (Wildman–Crippen LogP) is 3.31. The molecule has 0 aromatic carbocycles. The van der Waals surface area contributed by atoms with Crippen LogP contribution in [-0.2, 0) is 34.0 Å². The fraction of sp³-hybridized carbons (Fsp3) is 0.714. The van der Waals surface area contributed by atoms with Crippen molar-refractivity contribution in [2.75, 3.05) is 6.61 Å². The molecule has 12 heteroatoms. The molecule has 0 aliphatic rings. The third-order valence-corrected chi connectivity index (χ3v) is 6.69. The van der Waals surface area contributed by atoms with Crippen molar-refractivity contribution >= 4 is 33.9 Å². The Morgan fingerprint density at radius 2 is 1.15 bits per heavy atom. The van der Waals surface area contributed by atoms with E-state index in [0.717, 1.165) is 51.4 Å². The molecular formula is C28H48NNaO9S. The van der Waals surface area contributed by atoms with Gasteiger partial charge in [-0.3, -0.25) is 14.1 Å². The van der Waals surface area contributed by atoms with Crippen molar-refractivity contribution in [1.29, 1.82) is 0 Å². The van der Waals surface area contributed by atoms with Crippen LogP contribution in [0.5, 0.6) is 0 Å². The van der Waals surface area contributed by atoms with Crippen LogP contribution in [0, 0.1) is 0 Å². The molecule has 1 atom stereocenters. The molecule has 2 N–H and O–H groups in total. The number of carboxylic acid groups (broad SMARTS) is 1. The third-order valence-electron chi connectivity index (χ3n) is 5.62. The molecule has 0 aliphatic heterocycles. The number of hydrogen-bond donors (Lipinski definition) is 2. The van der Waals surface area contributed by atoms with Crippen LogP contribution in [0.1, 0.15) is 116 Å². The summed E-state index contributed by atoms with van der Waals surface area (Å²) in [6, 6.07) is 0. The maximum atomic E-state index is 11.7. The number of carbonyl (C=O) groups is 4. The molecule has 0 radical (unpaired) electrons. The van der Waals surface area contributed by atoms with Crippen LogP contribution in [0.15, 0.2) is 25.3 Å². The summed E-state index contributed by atoms with van der Waals surface area (Å²) in [5.74, 6) is -3.25. The van der Waals surface area contributed by atoms with Crippen LogP contribution in [-0.4, -0.2) is 53.7 Å². The molecule has 0 heterocycles. The van der Waals surface area contributed by atoms with Gasteiger partial charge in [0.2, 0.25) is 0 Å². The predicted molar refractivity (Wildman–Crippen MR) is 152 cm³/mol. The molecule has 1 unspecified atom stereocenters. The van der Waals surface area contributed by atoms with Crippen LogP contribution >= 0.6 is 0 Å². The zero-order valence-corrected chi connectivity index (χ0v) is 27.3. The van der Waals surface area contributed by atoms with Gasteiger partial charge in [0.1, 0.15) is 0 Å². The summed E-state index contributed by atoms with van der Waals surface area (Å²) in [4.78, 5) is 44.4. The first-order valence-electron chi connectivity index (χ1n) is 13.8. The maximum absolute atomic E-state index is 11.7. The van der Waals surface area contributed by atoms with E-state index < -0.39 is 33.7 Å². The first-order valence-corrected chi connectivity index (χ1v) is 15.3. The third kappa shape index (κ3) is 29.5. The van der Waals surface area contributed by atoms with Crippen LogP contribution in [0.4, 0.5) is 0 Å². The number of esters is 1. The van der Waals surface area contributed by atoms with Gasteiger partial charge in [0.25, 0.3) is 10.1 Å². The molecule has 0 saturated carbocycles. The Labute approximate surface area is 262 Å². The van der Waals surface area contributed by atoms with Gasteiger partial charge in [0.05, 0.1) is 24.8 Å². The van der Waals surface area contributed by atoms with Crippen molar-refractivity contribution in [3.63, 3.8) is 0 Å². The second-order valence-electron chi connectivity index (χ2n) is 9.15. The Kier molecular flexibility index (Phi) is 31.1. The standard InChI is InChI=1S/C22H39NO2.C6H10O7S.Na/c1-3-5-7-9-11-13-15-17-19-21(24)23-22(25)20-18-16-14-12-10-8-6-4-2;1-2-13-6(9)4(3-5(7)8)14(10,11)12;/h3-4H,1-2,5-20H2,(H,23,24,25);4H,2-3H2,1H3,(H,7,8)(H,10,11,12);/q;;+1/p-1. The normalized spacial score (nSPS) is 11.2. The summed E-state index contributed by atoms with van der Waals surface area (Å²) >= 11 is 0. The Morgan fingerprint density at radius 1 is 0.775 bits per heavy atom. The number of rotatable bonds is 23. The molecule has 2 amide bonds. The van der Waals surface area contributed by atoms with E-state index in [1.54, 1.807) is 0 Å². The second-order valence-corrected chi connectivity index (χ2v) is 10.7. The van der Waals surface area contributed by atoms with Crippen LogP contribution in [0.3, 0.4) is 0 Å². The van der Waals surface area contributed by atoms with E-state index in [4.69, 9.17) is 9.66 Å². The van der Waals surface area contributed by atoms with E-state index in [0.29, 0.717) is 12.8 Å². The quantitative estimate of drug-likeness (QED) is 0.0590. The van der Waals surface area contributed by atoms with E-state index >= 15 is 0 Å². The molecule has 0 aromatic rings. The summed E-state index contributed by atoms with van der Waals surface area (Å²) in [6.07, 6.45) is 19.4. The van der Waals surface area contributed by atoms with E-state index in [1.807, 2.05) is 12.2 Å². The summed E-state index contributed by atoms with van der Waals surface area (Å²) in [6.45, 7) is 8.76. The van der Waals surface area contributed by atoms with Crippen molar-refractivity contribution in [1.82, 2.24) is 0 Å². The fourth-order valence-electron chi connectivity index (χ4n) is 3.50. The Bertz CT molecular complexity index is 798. The van der Waals surface area contributed by atoms with E-state index in [-0.39, 0.29) is 48.0 Å². The summed E-state index contributed by atoms with van der Waals surface area (Å²) < 4.78 is 34.0. The van der Waals surface area contributed by atoms with Gasteiger partial charge >= 0.3 is 41.5 Å². The second kappa shape index (κ2) is 29.0. The topological polar surface area (TPSA) is 166 Å². The number of ether oxygens (including phenoxy) is 1. The van der Waals surface area contributed by atoms with Crippen LogP contribution < -0.4 is 29.6 Å². The molecule has 0 aromatic heterocycles. The van der Waals surface area contributed by atoms with E-state index in [9.17, 15) is 27.6 Å². The Morgan fingerprint density at radius 3 is 1.48 bits per heavy atom. The van der Waals surface area contributed by atoms with Crippen LogP contribution in [0.25, 0.3) is 5.32 Å². The van der Waals surface area contributed by atoms with Gasteiger partial charge in [-0.1, -0.05) is 63.5 Å². The van der Waals surface area contributed by atoms with Gasteiger partial charge in [-0.05, 0) is 58.3 Å². The van der Waals surface area contributed by atoms with Crippen LogP contribution in [0.2, 0.25) is 0 Å². The first kappa shape index (κ1) is 42.9. The molecule has 0 saturated heterocycles. The average molecular weight is 598 g/mol. The van der Waals surface area contributed by atoms with Gasteiger partial charge in [0, 0.05) is 0 Å². The van der Waals surface area contributed by atoms with Crippen molar-refractivity contribution in [3.05, 3.63) is 30.6 Å². The number of carbonyl (C=O) groups excluding carboxylic acids is 3. The summed E-state index contributed by atoms with van der Waals surface area (Å²) in [5.41, 5.74) is 0. The molecule has 0 fully saturated rings. The number of allylic oxidation sites excluding steroid dienone is 2. The minimum Gasteiger partial charge on any atom is -0.596 e. The van der Waals surface area contributed by atoms with Crippen molar-refractivity contribution < 1.29 is 71.5 Å². The molecule has 0 rings (SSSR count). The number of nitrogens with zero attached hydrogens (tertiary/aromatic N) is 1. The maximum Gasteiger partial charge on any atom is 1.00 e. The number of amides is 2. The van der Waals surface area contributed by atoms with Gasteiger partial charge in [-0.15, -0.1) is 13.2 Å². The molecule has 226 valence electrons. The first-order chi connectivity index (χ1) is 18.5. The summed E-state index contributed by atoms with van der Waals surface area (Å²) in [7, 11) is -4.74. The van der Waals surface area contributed by atoms with Crippen molar-refractivity contribution in [2.24, 2.45) is 0 Å². The monoisotopic (exact) mass is 597 g/mol.